The zero-order chi connectivity index (χ0) is 17.9. The Morgan fingerprint density at radius 2 is 1.88 bits per heavy atom. The molecule has 4 nitrogen and oxygen atoms in total. The van der Waals surface area contributed by atoms with Crippen LogP contribution in [0.3, 0.4) is 0 Å². The van der Waals surface area contributed by atoms with Crippen molar-refractivity contribution >= 4 is 6.08 Å². The van der Waals surface area contributed by atoms with E-state index in [0.717, 1.165) is 54.9 Å². The molecule has 0 unspecified atom stereocenters. The third-order valence-corrected chi connectivity index (χ3v) is 5.21. The number of piperidine rings is 1. The van der Waals surface area contributed by atoms with E-state index in [1.165, 1.54) is 11.1 Å². The van der Waals surface area contributed by atoms with Crippen LogP contribution in [-0.4, -0.2) is 36.2 Å². The topological polar surface area (TPSA) is 44.7 Å². The molecule has 136 valence electrons. The van der Waals surface area contributed by atoms with Crippen LogP contribution in [0.2, 0.25) is 0 Å². The maximum absolute atomic E-state index is 9.27. The molecule has 26 heavy (non-hydrogen) atoms. The summed E-state index contributed by atoms with van der Waals surface area (Å²) in [5.74, 6) is 1.01. The summed E-state index contributed by atoms with van der Waals surface area (Å²) >= 11 is 0. The zero-order valence-electron chi connectivity index (χ0n) is 15.2. The molecule has 2 heterocycles. The number of hydrogen-bond donors (Lipinski definition) is 2. The number of benzene rings is 2. The second-order valence-corrected chi connectivity index (χ2v) is 7.20. The van der Waals surface area contributed by atoms with Gasteiger partial charge in [0.2, 0.25) is 0 Å². The van der Waals surface area contributed by atoms with E-state index in [4.69, 9.17) is 4.74 Å². The first kappa shape index (κ1) is 17.1. The maximum atomic E-state index is 9.27. The molecule has 0 atom stereocenters. The Bertz CT molecular complexity index is 793. The van der Waals surface area contributed by atoms with E-state index in [0.29, 0.717) is 0 Å². The van der Waals surface area contributed by atoms with Gasteiger partial charge in [-0.2, -0.15) is 0 Å². The van der Waals surface area contributed by atoms with Crippen LogP contribution in [0.5, 0.6) is 5.75 Å². The van der Waals surface area contributed by atoms with Gasteiger partial charge in [0.15, 0.2) is 0 Å². The van der Waals surface area contributed by atoms with Crippen molar-refractivity contribution in [2.45, 2.75) is 32.1 Å². The van der Waals surface area contributed by atoms with Gasteiger partial charge in [-0.05, 0) is 72.6 Å². The van der Waals surface area contributed by atoms with Crippen molar-refractivity contribution in [3.8, 4) is 16.9 Å². The molecule has 0 aliphatic carbocycles. The predicted octanol–water partition coefficient (Wildman–Crippen LogP) is 3.39. The van der Waals surface area contributed by atoms with Gasteiger partial charge in [-0.1, -0.05) is 24.3 Å². The van der Waals surface area contributed by atoms with Crippen molar-refractivity contribution < 1.29 is 9.84 Å². The van der Waals surface area contributed by atoms with Gasteiger partial charge in [0.1, 0.15) is 11.9 Å². The Labute approximate surface area is 155 Å². The number of hydrogen-bond acceptors (Lipinski definition) is 4. The Kier molecular flexibility index (Phi) is 4.96. The lowest BCUT2D eigenvalue weighted by Crippen LogP contribution is -2.34. The molecule has 2 N–H and O–H groups in total. The normalized spacial score (nSPS) is 17.2. The average molecular weight is 350 g/mol. The maximum Gasteiger partial charge on any atom is 0.125 e. The molecule has 2 aliphatic rings. The van der Waals surface area contributed by atoms with Crippen molar-refractivity contribution in [3.63, 3.8) is 0 Å². The molecular weight excluding hydrogens is 324 g/mol. The molecule has 0 radical (unpaired) electrons. The molecule has 4 heteroatoms. The number of fused-ring (bicyclic) bond motifs is 1. The SMILES string of the molecule is CN1C=Cc2cc(-c3ccc(CO)cc3)cc(OC3CCNCC3)c2C1. The minimum atomic E-state index is 0.0730. The first-order valence-corrected chi connectivity index (χ1v) is 9.36. The minimum Gasteiger partial charge on any atom is -0.490 e. The Hall–Kier alpha value is -2.30. The van der Waals surface area contributed by atoms with Crippen molar-refractivity contribution in [1.29, 1.82) is 0 Å². The molecule has 1 saturated heterocycles. The number of nitrogens with zero attached hydrogens (tertiary/aromatic N) is 1. The lowest BCUT2D eigenvalue weighted by molar-refractivity contribution is 0.160. The quantitative estimate of drug-likeness (QED) is 0.887. The van der Waals surface area contributed by atoms with E-state index < -0.39 is 0 Å². The monoisotopic (exact) mass is 350 g/mol. The van der Waals surface area contributed by atoms with Crippen molar-refractivity contribution in [3.05, 3.63) is 59.3 Å². The molecular formula is C22H26N2O2. The van der Waals surface area contributed by atoms with Crippen LogP contribution in [0.15, 0.2) is 42.6 Å². The molecule has 0 saturated carbocycles. The molecule has 1 fully saturated rings. The van der Waals surface area contributed by atoms with Gasteiger partial charge in [0, 0.05) is 19.2 Å². The number of ether oxygens (including phenoxy) is 1. The Morgan fingerprint density at radius 1 is 1.12 bits per heavy atom. The van der Waals surface area contributed by atoms with Gasteiger partial charge in [-0.15, -0.1) is 0 Å². The highest BCUT2D eigenvalue weighted by molar-refractivity contribution is 5.73. The third-order valence-electron chi connectivity index (χ3n) is 5.21. The highest BCUT2D eigenvalue weighted by atomic mass is 16.5. The fourth-order valence-electron chi connectivity index (χ4n) is 3.66. The van der Waals surface area contributed by atoms with Crippen LogP contribution in [-0.2, 0) is 13.2 Å². The number of aliphatic hydroxyl groups is 1. The zero-order valence-corrected chi connectivity index (χ0v) is 15.2. The molecule has 0 aromatic heterocycles. The summed E-state index contributed by atoms with van der Waals surface area (Å²) < 4.78 is 6.47. The van der Waals surface area contributed by atoms with Crippen molar-refractivity contribution in [2.75, 3.05) is 20.1 Å². The first-order valence-electron chi connectivity index (χ1n) is 9.36. The van der Waals surface area contributed by atoms with Crippen LogP contribution < -0.4 is 10.1 Å². The van der Waals surface area contributed by atoms with Crippen LogP contribution in [0, 0.1) is 0 Å². The molecule has 2 aliphatic heterocycles. The largest absolute Gasteiger partial charge is 0.490 e. The summed E-state index contributed by atoms with van der Waals surface area (Å²) in [6, 6.07) is 12.5. The summed E-state index contributed by atoms with van der Waals surface area (Å²) in [6.45, 7) is 2.99. The molecule has 2 aromatic rings. The van der Waals surface area contributed by atoms with Crippen molar-refractivity contribution in [2.24, 2.45) is 0 Å². The standard InChI is InChI=1S/C22H26N2O2/c1-24-11-8-18-12-19(17-4-2-16(15-25)3-5-17)13-22(21(18)14-24)26-20-6-9-23-10-7-20/h2-5,8,11-13,20,23,25H,6-7,9-10,14-15H2,1H3. The Morgan fingerprint density at radius 3 is 2.62 bits per heavy atom. The molecule has 0 bridgehead atoms. The average Bonchev–Trinajstić information content (AvgIpc) is 2.69. The number of nitrogens with one attached hydrogen (secondary N) is 1. The molecule has 0 spiro atoms. The van der Waals surface area contributed by atoms with Gasteiger partial charge < -0.3 is 20.1 Å². The van der Waals surface area contributed by atoms with E-state index in [1.807, 2.05) is 12.1 Å². The number of rotatable bonds is 4. The van der Waals surface area contributed by atoms with E-state index in [-0.39, 0.29) is 12.7 Å². The van der Waals surface area contributed by atoms with E-state index >= 15 is 0 Å². The first-order chi connectivity index (χ1) is 12.7. The molecule has 0 amide bonds. The van der Waals surface area contributed by atoms with E-state index in [2.05, 4.69) is 53.8 Å². The van der Waals surface area contributed by atoms with Crippen LogP contribution in [0.25, 0.3) is 17.2 Å². The summed E-state index contributed by atoms with van der Waals surface area (Å²) in [7, 11) is 2.09. The van der Waals surface area contributed by atoms with Crippen LogP contribution in [0.1, 0.15) is 29.5 Å². The van der Waals surface area contributed by atoms with Gasteiger partial charge in [0.05, 0.1) is 6.61 Å². The summed E-state index contributed by atoms with van der Waals surface area (Å²) in [6.07, 6.45) is 6.67. The third kappa shape index (κ3) is 3.62. The van der Waals surface area contributed by atoms with Gasteiger partial charge >= 0.3 is 0 Å². The van der Waals surface area contributed by atoms with Crippen LogP contribution >= 0.6 is 0 Å². The smallest absolute Gasteiger partial charge is 0.125 e. The minimum absolute atomic E-state index is 0.0730. The summed E-state index contributed by atoms with van der Waals surface area (Å²) in [5.41, 5.74) is 5.73. The highest BCUT2D eigenvalue weighted by Crippen LogP contribution is 2.35. The lowest BCUT2D eigenvalue weighted by Gasteiger charge is -2.28. The van der Waals surface area contributed by atoms with Gasteiger partial charge in [-0.3, -0.25) is 0 Å². The molecule has 2 aromatic carbocycles. The van der Waals surface area contributed by atoms with E-state index in [9.17, 15) is 5.11 Å². The Balaban J connectivity index is 1.71. The second-order valence-electron chi connectivity index (χ2n) is 7.20. The summed E-state index contributed by atoms with van der Waals surface area (Å²) in [5, 5.41) is 12.7. The summed E-state index contributed by atoms with van der Waals surface area (Å²) in [4.78, 5) is 2.19. The van der Waals surface area contributed by atoms with Gasteiger partial charge in [-0.25, -0.2) is 0 Å². The van der Waals surface area contributed by atoms with Crippen molar-refractivity contribution in [1.82, 2.24) is 10.2 Å². The van der Waals surface area contributed by atoms with Gasteiger partial charge in [0.25, 0.3) is 0 Å². The lowest BCUT2D eigenvalue weighted by atomic mass is 9.95. The van der Waals surface area contributed by atoms with E-state index in [1.54, 1.807) is 0 Å². The fourth-order valence-corrected chi connectivity index (χ4v) is 3.66. The fraction of sp³-hybridized carbons (Fsp3) is 0.364. The molecule has 4 rings (SSSR count). The number of aliphatic hydroxyl groups excluding tert-OH is 1. The second kappa shape index (κ2) is 7.52. The highest BCUT2D eigenvalue weighted by Gasteiger charge is 2.20. The predicted molar refractivity (Wildman–Crippen MR) is 105 cm³/mol. The van der Waals surface area contributed by atoms with Crippen LogP contribution in [0.4, 0.5) is 0 Å².